The summed E-state index contributed by atoms with van der Waals surface area (Å²) in [5.41, 5.74) is 2.89. The predicted molar refractivity (Wildman–Crippen MR) is 122 cm³/mol. The van der Waals surface area contributed by atoms with Crippen LogP contribution in [0.15, 0.2) is 84.9 Å². The highest BCUT2D eigenvalue weighted by Gasteiger charge is 2.29. The Morgan fingerprint density at radius 3 is 2.25 bits per heavy atom. The van der Waals surface area contributed by atoms with Crippen molar-refractivity contribution in [2.24, 2.45) is 7.05 Å². The highest BCUT2D eigenvalue weighted by Crippen LogP contribution is 2.26. The summed E-state index contributed by atoms with van der Waals surface area (Å²) in [5.74, 6) is -1.20. The zero-order chi connectivity index (χ0) is 22.5. The Hall–Kier alpha value is -4.24. The number of amides is 1. The quantitative estimate of drug-likeness (QED) is 0.481. The van der Waals surface area contributed by atoms with E-state index in [1.165, 1.54) is 0 Å². The smallest absolute Gasteiger partial charge is 0.251 e. The van der Waals surface area contributed by atoms with Gasteiger partial charge >= 0.3 is 0 Å². The van der Waals surface area contributed by atoms with Gasteiger partial charge in [-0.1, -0.05) is 60.7 Å². The summed E-state index contributed by atoms with van der Waals surface area (Å²) < 4.78 is 1.78. The van der Waals surface area contributed by atoms with Gasteiger partial charge in [0.15, 0.2) is 11.7 Å². The van der Waals surface area contributed by atoms with Gasteiger partial charge in [-0.15, -0.1) is 0 Å². The molecule has 0 aliphatic carbocycles. The fraction of sp³-hybridized carbons (Fsp3) is 0.154. The SMILES string of the molecule is Cn1c([C@H](C#N)C(=O)C[C@H](NC(=O)c2ccccc2)c2ccccc2)nc2ccccc21. The van der Waals surface area contributed by atoms with Crippen LogP contribution in [0.1, 0.15) is 40.1 Å². The van der Waals surface area contributed by atoms with Crippen molar-refractivity contribution in [3.05, 3.63) is 102 Å². The lowest BCUT2D eigenvalue weighted by Crippen LogP contribution is -2.31. The third-order valence-corrected chi connectivity index (χ3v) is 5.48. The molecule has 0 unspecified atom stereocenters. The molecule has 0 radical (unpaired) electrons. The molecule has 6 heteroatoms. The van der Waals surface area contributed by atoms with E-state index in [0.29, 0.717) is 11.4 Å². The number of nitrogens with one attached hydrogen (secondary N) is 1. The Kier molecular flexibility index (Phi) is 6.09. The molecule has 1 heterocycles. The van der Waals surface area contributed by atoms with Crippen molar-refractivity contribution >= 4 is 22.7 Å². The number of nitriles is 1. The fourth-order valence-electron chi connectivity index (χ4n) is 3.78. The molecule has 0 fully saturated rings. The van der Waals surface area contributed by atoms with E-state index in [1.807, 2.05) is 60.7 Å². The van der Waals surface area contributed by atoms with Crippen molar-refractivity contribution in [2.45, 2.75) is 18.4 Å². The second-order valence-electron chi connectivity index (χ2n) is 7.55. The van der Waals surface area contributed by atoms with E-state index < -0.39 is 12.0 Å². The molecule has 158 valence electrons. The van der Waals surface area contributed by atoms with Crippen LogP contribution in [0.3, 0.4) is 0 Å². The van der Waals surface area contributed by atoms with Crippen LogP contribution in [0.2, 0.25) is 0 Å². The molecular weight excluding hydrogens is 400 g/mol. The Morgan fingerprint density at radius 2 is 1.59 bits per heavy atom. The molecule has 1 N–H and O–H groups in total. The molecule has 0 aliphatic heterocycles. The third kappa shape index (κ3) is 4.28. The topological polar surface area (TPSA) is 87.8 Å². The normalized spacial score (nSPS) is 12.6. The van der Waals surface area contributed by atoms with E-state index >= 15 is 0 Å². The second-order valence-corrected chi connectivity index (χ2v) is 7.55. The number of hydrogen-bond donors (Lipinski definition) is 1. The van der Waals surface area contributed by atoms with Gasteiger partial charge in [-0.2, -0.15) is 5.26 Å². The molecule has 1 amide bonds. The summed E-state index contributed by atoms with van der Waals surface area (Å²) in [6.07, 6.45) is -0.0238. The van der Waals surface area contributed by atoms with Crippen molar-refractivity contribution < 1.29 is 9.59 Å². The van der Waals surface area contributed by atoms with Crippen molar-refractivity contribution in [1.82, 2.24) is 14.9 Å². The number of benzene rings is 3. The van der Waals surface area contributed by atoms with Gasteiger partial charge < -0.3 is 9.88 Å². The van der Waals surface area contributed by atoms with Gasteiger partial charge in [0.2, 0.25) is 0 Å². The second kappa shape index (κ2) is 9.27. The van der Waals surface area contributed by atoms with Crippen molar-refractivity contribution in [3.8, 4) is 6.07 Å². The molecule has 0 bridgehead atoms. The molecule has 0 spiro atoms. The largest absolute Gasteiger partial charge is 0.345 e. The molecule has 0 saturated heterocycles. The zero-order valence-electron chi connectivity index (χ0n) is 17.6. The van der Waals surface area contributed by atoms with Gasteiger partial charge in [-0.05, 0) is 29.8 Å². The zero-order valence-corrected chi connectivity index (χ0v) is 17.6. The van der Waals surface area contributed by atoms with Crippen LogP contribution in [0.4, 0.5) is 0 Å². The summed E-state index contributed by atoms with van der Waals surface area (Å²) >= 11 is 0. The number of para-hydroxylation sites is 2. The van der Waals surface area contributed by atoms with Crippen LogP contribution in [0.5, 0.6) is 0 Å². The number of nitrogens with zero attached hydrogens (tertiary/aromatic N) is 3. The number of rotatable bonds is 7. The minimum Gasteiger partial charge on any atom is -0.345 e. The number of fused-ring (bicyclic) bond motifs is 1. The number of Topliss-reactive ketones (excluding diaryl/α,β-unsaturated/α-hetero) is 1. The molecule has 1 aromatic heterocycles. The van der Waals surface area contributed by atoms with Gasteiger partial charge in [0.05, 0.1) is 23.1 Å². The minimum absolute atomic E-state index is 0.0238. The van der Waals surface area contributed by atoms with Crippen LogP contribution < -0.4 is 5.32 Å². The summed E-state index contributed by atoms with van der Waals surface area (Å²) in [7, 11) is 1.80. The Labute approximate surface area is 186 Å². The Balaban J connectivity index is 1.62. The number of aryl methyl sites for hydroxylation is 1. The van der Waals surface area contributed by atoms with Crippen molar-refractivity contribution in [2.75, 3.05) is 0 Å². The van der Waals surface area contributed by atoms with E-state index in [1.54, 1.807) is 35.9 Å². The number of hydrogen-bond acceptors (Lipinski definition) is 4. The molecular formula is C26H22N4O2. The minimum atomic E-state index is -1.03. The average Bonchev–Trinajstić information content (AvgIpc) is 3.16. The van der Waals surface area contributed by atoms with E-state index in [0.717, 1.165) is 16.6 Å². The van der Waals surface area contributed by atoms with E-state index in [4.69, 9.17) is 0 Å². The summed E-state index contributed by atoms with van der Waals surface area (Å²) in [5, 5.41) is 12.8. The monoisotopic (exact) mass is 422 g/mol. The first-order valence-electron chi connectivity index (χ1n) is 10.3. The molecule has 6 nitrogen and oxygen atoms in total. The molecule has 0 aliphatic rings. The first kappa shape index (κ1) is 21.0. The first-order chi connectivity index (χ1) is 15.6. The predicted octanol–water partition coefficient (Wildman–Crippen LogP) is 4.31. The van der Waals surface area contributed by atoms with E-state index in [-0.39, 0.29) is 18.1 Å². The molecule has 3 aromatic carbocycles. The number of aromatic nitrogens is 2. The molecule has 4 rings (SSSR count). The van der Waals surface area contributed by atoms with Crippen LogP contribution in [0, 0.1) is 11.3 Å². The highest BCUT2D eigenvalue weighted by atomic mass is 16.2. The number of ketones is 1. The van der Waals surface area contributed by atoms with Crippen LogP contribution in [-0.4, -0.2) is 21.2 Å². The van der Waals surface area contributed by atoms with Crippen LogP contribution >= 0.6 is 0 Å². The van der Waals surface area contributed by atoms with Crippen molar-refractivity contribution in [1.29, 1.82) is 5.26 Å². The van der Waals surface area contributed by atoms with Gasteiger partial charge in [0.1, 0.15) is 5.82 Å². The lowest BCUT2D eigenvalue weighted by molar-refractivity contribution is -0.120. The van der Waals surface area contributed by atoms with Gasteiger partial charge in [-0.25, -0.2) is 4.98 Å². The third-order valence-electron chi connectivity index (χ3n) is 5.48. The number of imidazole rings is 1. The fourth-order valence-corrected chi connectivity index (χ4v) is 3.78. The first-order valence-corrected chi connectivity index (χ1v) is 10.3. The van der Waals surface area contributed by atoms with Crippen LogP contribution in [0.25, 0.3) is 11.0 Å². The molecule has 0 saturated carbocycles. The summed E-state index contributed by atoms with van der Waals surface area (Å²) in [6.45, 7) is 0. The van der Waals surface area contributed by atoms with E-state index in [9.17, 15) is 14.9 Å². The lowest BCUT2D eigenvalue weighted by Gasteiger charge is -2.20. The Morgan fingerprint density at radius 1 is 0.969 bits per heavy atom. The van der Waals surface area contributed by atoms with Gasteiger partial charge in [0.25, 0.3) is 5.91 Å². The summed E-state index contributed by atoms with van der Waals surface area (Å²) in [6, 6.07) is 27.2. The number of carbonyl (C=O) groups excluding carboxylic acids is 2. The molecule has 2 atom stereocenters. The van der Waals surface area contributed by atoms with Gasteiger partial charge in [-0.3, -0.25) is 9.59 Å². The summed E-state index contributed by atoms with van der Waals surface area (Å²) in [4.78, 5) is 30.6. The molecule has 4 aromatic rings. The number of carbonyl (C=O) groups is 2. The van der Waals surface area contributed by atoms with Crippen molar-refractivity contribution in [3.63, 3.8) is 0 Å². The Bertz CT molecular complexity index is 1290. The average molecular weight is 422 g/mol. The van der Waals surface area contributed by atoms with Crippen LogP contribution in [-0.2, 0) is 11.8 Å². The van der Waals surface area contributed by atoms with E-state index in [2.05, 4.69) is 16.4 Å². The maximum absolute atomic E-state index is 13.3. The molecule has 32 heavy (non-hydrogen) atoms. The lowest BCUT2D eigenvalue weighted by atomic mass is 9.94. The highest BCUT2D eigenvalue weighted by molar-refractivity contribution is 5.95. The maximum Gasteiger partial charge on any atom is 0.251 e. The standard InChI is InChI=1S/C26H22N4O2/c1-30-23-15-9-8-14-21(23)28-25(30)20(17-27)24(31)16-22(18-10-4-2-5-11-18)29-26(32)19-12-6-3-7-13-19/h2-15,20,22H,16H2,1H3,(H,29,32)/t20-,22+/m1/s1. The van der Waals surface area contributed by atoms with Gasteiger partial charge in [0, 0.05) is 19.0 Å². The maximum atomic E-state index is 13.3.